The Morgan fingerprint density at radius 2 is 1.46 bits per heavy atom. The minimum absolute atomic E-state index is 0.437. The van der Waals surface area contributed by atoms with Crippen LogP contribution in [-0.2, 0) is 13.0 Å². The van der Waals surface area contributed by atoms with Crippen LogP contribution in [0.3, 0.4) is 0 Å². The summed E-state index contributed by atoms with van der Waals surface area (Å²) in [5.41, 5.74) is 3.68. The summed E-state index contributed by atoms with van der Waals surface area (Å²) in [6.45, 7) is 2.03. The van der Waals surface area contributed by atoms with Gasteiger partial charge < -0.3 is 15.0 Å². The van der Waals surface area contributed by atoms with Crippen LogP contribution >= 0.6 is 45.2 Å². The molecule has 3 nitrogen and oxygen atoms in total. The number of nitrogens with one attached hydrogen (secondary N) is 1. The van der Waals surface area contributed by atoms with Crippen LogP contribution in [0.5, 0.6) is 0 Å². The van der Waals surface area contributed by atoms with Gasteiger partial charge in [0.2, 0.25) is 0 Å². The lowest BCUT2D eigenvalue weighted by atomic mass is 10.1. The number of aliphatic hydroxyl groups is 1. The Hall–Kier alpha value is -1.16. The average molecular weight is 596 g/mol. The molecular weight excluding hydrogens is 574 g/mol. The number of rotatable bonds is 7. The number of halogens is 2. The maximum atomic E-state index is 10.7. The van der Waals surface area contributed by atoms with Crippen molar-refractivity contribution in [3.63, 3.8) is 0 Å². The second-order valence-corrected chi connectivity index (χ2v) is 9.52. The van der Waals surface area contributed by atoms with Crippen molar-refractivity contribution >= 4 is 67.0 Å². The highest BCUT2D eigenvalue weighted by Crippen LogP contribution is 2.31. The van der Waals surface area contributed by atoms with E-state index in [9.17, 15) is 5.11 Å². The number of hydrogen-bond acceptors (Lipinski definition) is 2. The van der Waals surface area contributed by atoms with Crippen LogP contribution in [0.4, 0.5) is 0 Å². The molecule has 0 bridgehead atoms. The molecule has 0 aliphatic carbocycles. The Kier molecular flexibility index (Phi) is 6.55. The SMILES string of the molecule is O[C@@H](CNCCc1ccccc1)Cn1c2ccc(I)cc2c2cc(I)ccc21. The molecule has 28 heavy (non-hydrogen) atoms. The standard InChI is InChI=1S/C23H22I2N2O/c24-17-6-8-22-20(12-17)21-13-18(25)7-9-23(21)27(22)15-19(28)14-26-11-10-16-4-2-1-3-5-16/h1-9,12-13,19,26,28H,10-11,14-15H2/t19-/m0/s1. The van der Waals surface area contributed by atoms with Gasteiger partial charge in [-0.2, -0.15) is 0 Å². The molecule has 0 fully saturated rings. The first-order chi connectivity index (χ1) is 13.6. The summed E-state index contributed by atoms with van der Waals surface area (Å²) in [5, 5.41) is 16.6. The fraction of sp³-hybridized carbons (Fsp3) is 0.217. The predicted molar refractivity (Wildman–Crippen MR) is 134 cm³/mol. The molecule has 5 heteroatoms. The summed E-state index contributed by atoms with van der Waals surface area (Å²) in [6, 6.07) is 23.5. The number of benzene rings is 3. The van der Waals surface area contributed by atoms with Gasteiger partial charge in [-0.3, -0.25) is 0 Å². The highest BCUT2D eigenvalue weighted by atomic mass is 127. The van der Waals surface area contributed by atoms with Gasteiger partial charge in [-0.05, 0) is 100 Å². The minimum atomic E-state index is -0.437. The number of fused-ring (bicyclic) bond motifs is 3. The molecule has 0 saturated carbocycles. The second-order valence-electron chi connectivity index (χ2n) is 7.03. The number of aliphatic hydroxyl groups excluding tert-OH is 1. The fourth-order valence-corrected chi connectivity index (χ4v) is 4.65. The minimum Gasteiger partial charge on any atom is -0.390 e. The quantitative estimate of drug-likeness (QED) is 0.228. The van der Waals surface area contributed by atoms with Gasteiger partial charge in [0.05, 0.1) is 12.6 Å². The van der Waals surface area contributed by atoms with Crippen molar-refractivity contribution < 1.29 is 5.11 Å². The highest BCUT2D eigenvalue weighted by Gasteiger charge is 2.14. The summed E-state index contributed by atoms with van der Waals surface area (Å²) in [7, 11) is 0. The largest absolute Gasteiger partial charge is 0.390 e. The Bertz CT molecular complexity index is 1030. The van der Waals surface area contributed by atoms with Gasteiger partial charge in [0.15, 0.2) is 0 Å². The summed E-state index contributed by atoms with van der Waals surface area (Å²) in [4.78, 5) is 0. The Labute approximate surface area is 192 Å². The van der Waals surface area contributed by atoms with Crippen LogP contribution in [-0.4, -0.2) is 28.9 Å². The van der Waals surface area contributed by atoms with E-state index in [2.05, 4.69) is 116 Å². The van der Waals surface area contributed by atoms with E-state index >= 15 is 0 Å². The average Bonchev–Trinajstić information content (AvgIpc) is 2.98. The van der Waals surface area contributed by atoms with E-state index < -0.39 is 6.10 Å². The third kappa shape index (κ3) is 4.53. The predicted octanol–water partition coefficient (Wildman–Crippen LogP) is 5.20. The molecule has 0 aliphatic rings. The number of hydrogen-bond donors (Lipinski definition) is 2. The van der Waals surface area contributed by atoms with Crippen LogP contribution in [0.1, 0.15) is 5.56 Å². The van der Waals surface area contributed by atoms with Crippen LogP contribution in [0.2, 0.25) is 0 Å². The van der Waals surface area contributed by atoms with Crippen molar-refractivity contribution in [2.24, 2.45) is 0 Å². The molecule has 1 atom stereocenters. The van der Waals surface area contributed by atoms with Gasteiger partial charge in [-0.15, -0.1) is 0 Å². The zero-order valence-corrected chi connectivity index (χ0v) is 19.7. The van der Waals surface area contributed by atoms with Crippen molar-refractivity contribution in [3.8, 4) is 0 Å². The normalized spacial score (nSPS) is 12.7. The molecule has 0 amide bonds. The molecule has 2 N–H and O–H groups in total. The van der Waals surface area contributed by atoms with Crippen LogP contribution in [0, 0.1) is 7.14 Å². The van der Waals surface area contributed by atoms with Gasteiger partial charge in [0, 0.05) is 35.5 Å². The summed E-state index contributed by atoms with van der Waals surface area (Å²) >= 11 is 4.72. The van der Waals surface area contributed by atoms with Crippen LogP contribution < -0.4 is 5.32 Å². The molecule has 1 heterocycles. The zero-order chi connectivity index (χ0) is 19.5. The van der Waals surface area contributed by atoms with E-state index in [0.29, 0.717) is 13.1 Å². The maximum absolute atomic E-state index is 10.7. The molecule has 4 aromatic rings. The van der Waals surface area contributed by atoms with Crippen molar-refractivity contribution in [1.29, 1.82) is 0 Å². The summed E-state index contributed by atoms with van der Waals surface area (Å²) < 4.78 is 4.71. The van der Waals surface area contributed by atoms with Crippen LogP contribution in [0.15, 0.2) is 66.7 Å². The van der Waals surface area contributed by atoms with Crippen molar-refractivity contribution in [3.05, 3.63) is 79.4 Å². The topological polar surface area (TPSA) is 37.2 Å². The molecule has 0 radical (unpaired) electrons. The monoisotopic (exact) mass is 596 g/mol. The lowest BCUT2D eigenvalue weighted by Gasteiger charge is -2.15. The van der Waals surface area contributed by atoms with Crippen molar-refractivity contribution in [2.45, 2.75) is 19.1 Å². The molecule has 0 aliphatic heterocycles. The maximum Gasteiger partial charge on any atom is 0.0843 e. The van der Waals surface area contributed by atoms with E-state index in [1.54, 1.807) is 0 Å². The fourth-order valence-electron chi connectivity index (χ4n) is 3.67. The Morgan fingerprint density at radius 1 is 0.857 bits per heavy atom. The lowest BCUT2D eigenvalue weighted by Crippen LogP contribution is -2.31. The first-order valence-corrected chi connectivity index (χ1v) is 11.6. The van der Waals surface area contributed by atoms with E-state index in [4.69, 9.17) is 0 Å². The second kappa shape index (κ2) is 9.11. The molecule has 3 aromatic carbocycles. The van der Waals surface area contributed by atoms with E-state index in [0.717, 1.165) is 13.0 Å². The van der Waals surface area contributed by atoms with Gasteiger partial charge in [0.1, 0.15) is 0 Å². The Morgan fingerprint density at radius 3 is 2.07 bits per heavy atom. The van der Waals surface area contributed by atoms with Crippen molar-refractivity contribution in [2.75, 3.05) is 13.1 Å². The summed E-state index contributed by atoms with van der Waals surface area (Å²) in [5.74, 6) is 0. The molecule has 0 spiro atoms. The smallest absolute Gasteiger partial charge is 0.0843 e. The van der Waals surface area contributed by atoms with E-state index in [1.807, 2.05) is 6.07 Å². The first-order valence-electron chi connectivity index (χ1n) is 9.41. The third-order valence-corrected chi connectivity index (χ3v) is 6.34. The zero-order valence-electron chi connectivity index (χ0n) is 15.4. The van der Waals surface area contributed by atoms with Crippen LogP contribution in [0.25, 0.3) is 21.8 Å². The number of aromatic nitrogens is 1. The van der Waals surface area contributed by atoms with Gasteiger partial charge in [-0.1, -0.05) is 30.3 Å². The van der Waals surface area contributed by atoms with E-state index in [-0.39, 0.29) is 0 Å². The molecule has 0 unspecified atom stereocenters. The van der Waals surface area contributed by atoms with Gasteiger partial charge >= 0.3 is 0 Å². The molecule has 144 valence electrons. The summed E-state index contributed by atoms with van der Waals surface area (Å²) in [6.07, 6.45) is 0.535. The van der Waals surface area contributed by atoms with E-state index in [1.165, 1.54) is 34.5 Å². The lowest BCUT2D eigenvalue weighted by molar-refractivity contribution is 0.154. The molecule has 4 rings (SSSR count). The highest BCUT2D eigenvalue weighted by molar-refractivity contribution is 14.1. The third-order valence-electron chi connectivity index (χ3n) is 5.00. The first kappa shape index (κ1) is 20.1. The number of nitrogens with zero attached hydrogens (tertiary/aromatic N) is 1. The van der Waals surface area contributed by atoms with Gasteiger partial charge in [0.25, 0.3) is 0 Å². The molecule has 0 saturated heterocycles. The molecular formula is C23H22I2N2O. The molecule has 1 aromatic heterocycles. The van der Waals surface area contributed by atoms with Crippen molar-refractivity contribution in [1.82, 2.24) is 9.88 Å². The van der Waals surface area contributed by atoms with Gasteiger partial charge in [-0.25, -0.2) is 0 Å². The Balaban J connectivity index is 1.49.